The number of nitrogens with one attached hydrogen (secondary N) is 1. The maximum atomic E-state index is 13.1. The van der Waals surface area contributed by atoms with Gasteiger partial charge in [0.2, 0.25) is 0 Å². The Labute approximate surface area is 239 Å². The monoisotopic (exact) mass is 572 g/mol. The van der Waals surface area contributed by atoms with Gasteiger partial charge in [0, 0.05) is 35.3 Å². The van der Waals surface area contributed by atoms with Crippen LogP contribution in [0.5, 0.6) is 5.75 Å². The maximum Gasteiger partial charge on any atom is 0.333 e. The van der Waals surface area contributed by atoms with Gasteiger partial charge in [-0.25, -0.2) is 9.59 Å². The highest BCUT2D eigenvalue weighted by molar-refractivity contribution is 6.34. The van der Waals surface area contributed by atoms with Crippen LogP contribution in [0.3, 0.4) is 0 Å². The van der Waals surface area contributed by atoms with Gasteiger partial charge in [0.15, 0.2) is 6.10 Å². The fourth-order valence-corrected chi connectivity index (χ4v) is 4.58. The maximum absolute atomic E-state index is 13.1. The summed E-state index contributed by atoms with van der Waals surface area (Å²) >= 11 is 12.2. The third kappa shape index (κ3) is 10.4. The van der Waals surface area contributed by atoms with Gasteiger partial charge in [-0.1, -0.05) is 53.0 Å². The SMILES string of the molecule is CCOC(Cc1ccc(OCCN(CCCc2cc(Cl)cc(Cl)c2)C(=O)Nc2ccc(C)cc2)cc1)C(=O)O. The van der Waals surface area contributed by atoms with Gasteiger partial charge in [0.05, 0.1) is 6.54 Å². The van der Waals surface area contributed by atoms with E-state index in [4.69, 9.17) is 32.7 Å². The van der Waals surface area contributed by atoms with Gasteiger partial charge < -0.3 is 24.8 Å². The molecule has 0 spiro atoms. The molecule has 3 rings (SSSR count). The van der Waals surface area contributed by atoms with E-state index in [0.29, 0.717) is 42.1 Å². The van der Waals surface area contributed by atoms with E-state index in [9.17, 15) is 14.7 Å². The summed E-state index contributed by atoms with van der Waals surface area (Å²) in [4.78, 5) is 26.2. The zero-order valence-electron chi connectivity index (χ0n) is 22.2. The molecule has 0 saturated heterocycles. The Morgan fingerprint density at radius 1 is 0.949 bits per heavy atom. The van der Waals surface area contributed by atoms with Gasteiger partial charge in [-0.15, -0.1) is 0 Å². The molecule has 0 heterocycles. The molecule has 3 aromatic carbocycles. The number of carbonyl (C=O) groups excluding carboxylic acids is 1. The van der Waals surface area contributed by atoms with Crippen LogP contribution < -0.4 is 10.1 Å². The Hall–Kier alpha value is -3.26. The average molecular weight is 574 g/mol. The smallest absolute Gasteiger partial charge is 0.333 e. The van der Waals surface area contributed by atoms with Crippen molar-refractivity contribution in [1.29, 1.82) is 0 Å². The summed E-state index contributed by atoms with van der Waals surface area (Å²) in [5.41, 5.74) is 3.68. The fraction of sp³-hybridized carbons (Fsp3) is 0.333. The number of hydrogen-bond donors (Lipinski definition) is 2. The summed E-state index contributed by atoms with van der Waals surface area (Å²) in [6.07, 6.45) is 0.826. The lowest BCUT2D eigenvalue weighted by atomic mass is 10.1. The number of carbonyl (C=O) groups is 2. The molecule has 0 radical (unpaired) electrons. The minimum Gasteiger partial charge on any atom is -0.492 e. The van der Waals surface area contributed by atoms with E-state index in [1.807, 2.05) is 55.5 Å². The highest BCUT2D eigenvalue weighted by atomic mass is 35.5. The van der Waals surface area contributed by atoms with Gasteiger partial charge >= 0.3 is 12.0 Å². The Balaban J connectivity index is 1.58. The third-order valence-electron chi connectivity index (χ3n) is 6.02. The summed E-state index contributed by atoms with van der Waals surface area (Å²) in [6.45, 7) is 5.27. The summed E-state index contributed by atoms with van der Waals surface area (Å²) in [7, 11) is 0. The van der Waals surface area contributed by atoms with Crippen LogP contribution in [0.15, 0.2) is 66.7 Å². The number of aryl methyl sites for hydroxylation is 2. The number of anilines is 1. The highest BCUT2D eigenvalue weighted by Crippen LogP contribution is 2.20. The second-order valence-corrected chi connectivity index (χ2v) is 10.0. The molecule has 0 fully saturated rings. The molecule has 0 saturated carbocycles. The van der Waals surface area contributed by atoms with E-state index in [-0.39, 0.29) is 12.5 Å². The second kappa shape index (κ2) is 15.4. The first kappa shape index (κ1) is 30.3. The first-order valence-corrected chi connectivity index (χ1v) is 13.6. The van der Waals surface area contributed by atoms with Crippen molar-refractivity contribution in [2.45, 2.75) is 39.2 Å². The van der Waals surface area contributed by atoms with Crippen LogP contribution >= 0.6 is 23.2 Å². The minimum atomic E-state index is -0.986. The van der Waals surface area contributed by atoms with Crippen molar-refractivity contribution in [3.8, 4) is 5.75 Å². The van der Waals surface area contributed by atoms with E-state index in [1.54, 1.807) is 30.0 Å². The number of benzene rings is 3. The number of halogens is 2. The molecule has 7 nitrogen and oxygen atoms in total. The predicted molar refractivity (Wildman–Crippen MR) is 155 cm³/mol. The standard InChI is InChI=1S/C30H34Cl2N2O5/c1-3-38-28(29(35)36)19-22-8-12-27(13-9-22)39-16-15-34(30(37)33-26-10-6-21(2)7-11-26)14-4-5-23-17-24(31)20-25(32)18-23/h6-13,17-18,20,28H,3-5,14-16,19H2,1-2H3,(H,33,37)(H,35,36). The summed E-state index contributed by atoms with van der Waals surface area (Å²) in [5.74, 6) is -0.353. The normalized spacial score (nSPS) is 11.6. The molecule has 0 aliphatic rings. The van der Waals surface area contributed by atoms with Crippen LogP contribution in [0.4, 0.5) is 10.5 Å². The lowest BCUT2D eigenvalue weighted by Crippen LogP contribution is -2.38. The van der Waals surface area contributed by atoms with Crippen LogP contribution in [-0.4, -0.2) is 54.4 Å². The molecule has 0 bridgehead atoms. The number of carboxylic acid groups (broad SMARTS) is 1. The van der Waals surface area contributed by atoms with E-state index < -0.39 is 12.1 Å². The molecule has 2 amide bonds. The lowest BCUT2D eigenvalue weighted by molar-refractivity contribution is -0.149. The number of ether oxygens (including phenoxy) is 2. The number of urea groups is 1. The van der Waals surface area contributed by atoms with Crippen molar-refractivity contribution in [3.05, 3.63) is 93.5 Å². The molecule has 1 atom stereocenters. The molecular weight excluding hydrogens is 539 g/mol. The van der Waals surface area contributed by atoms with E-state index >= 15 is 0 Å². The van der Waals surface area contributed by atoms with Crippen LogP contribution in [0.25, 0.3) is 0 Å². The zero-order chi connectivity index (χ0) is 28.2. The molecule has 208 valence electrons. The molecule has 0 aromatic heterocycles. The summed E-state index contributed by atoms with van der Waals surface area (Å²) in [6, 6.07) is 20.1. The zero-order valence-corrected chi connectivity index (χ0v) is 23.7. The molecule has 0 aliphatic heterocycles. The van der Waals surface area contributed by atoms with Gasteiger partial charge in [-0.3, -0.25) is 0 Å². The topological polar surface area (TPSA) is 88.1 Å². The van der Waals surface area contributed by atoms with Crippen molar-refractivity contribution in [2.24, 2.45) is 0 Å². The van der Waals surface area contributed by atoms with E-state index in [0.717, 1.165) is 35.2 Å². The van der Waals surface area contributed by atoms with Crippen LogP contribution in [0, 0.1) is 6.92 Å². The Morgan fingerprint density at radius 3 is 2.23 bits per heavy atom. The number of aliphatic carboxylic acids is 1. The van der Waals surface area contributed by atoms with Crippen molar-refractivity contribution in [2.75, 3.05) is 31.6 Å². The largest absolute Gasteiger partial charge is 0.492 e. The quantitative estimate of drug-likeness (QED) is 0.220. The number of hydrogen-bond acceptors (Lipinski definition) is 4. The fourth-order valence-electron chi connectivity index (χ4n) is 4.01. The number of nitrogens with zero attached hydrogens (tertiary/aromatic N) is 1. The first-order valence-electron chi connectivity index (χ1n) is 12.9. The molecular formula is C30H34Cl2N2O5. The molecule has 9 heteroatoms. The van der Waals surface area contributed by atoms with Crippen molar-refractivity contribution in [3.63, 3.8) is 0 Å². The summed E-state index contributed by atoms with van der Waals surface area (Å²) < 4.78 is 11.2. The van der Waals surface area contributed by atoms with Crippen molar-refractivity contribution in [1.82, 2.24) is 4.90 Å². The average Bonchev–Trinajstić information content (AvgIpc) is 2.89. The van der Waals surface area contributed by atoms with Gasteiger partial charge in [-0.05, 0) is 80.3 Å². The number of carboxylic acids is 1. The van der Waals surface area contributed by atoms with Gasteiger partial charge in [-0.2, -0.15) is 0 Å². The Kier molecular flexibility index (Phi) is 11.9. The second-order valence-electron chi connectivity index (χ2n) is 9.14. The number of rotatable bonds is 14. The molecule has 1 unspecified atom stereocenters. The molecule has 0 aliphatic carbocycles. The molecule has 3 aromatic rings. The van der Waals surface area contributed by atoms with Gasteiger partial charge in [0.1, 0.15) is 12.4 Å². The summed E-state index contributed by atoms with van der Waals surface area (Å²) in [5, 5.41) is 13.4. The Morgan fingerprint density at radius 2 is 1.62 bits per heavy atom. The molecule has 2 N–H and O–H groups in total. The highest BCUT2D eigenvalue weighted by Gasteiger charge is 2.18. The van der Waals surface area contributed by atoms with Crippen molar-refractivity contribution >= 4 is 40.9 Å². The third-order valence-corrected chi connectivity index (χ3v) is 6.46. The van der Waals surface area contributed by atoms with Crippen LogP contribution in [-0.2, 0) is 22.4 Å². The minimum absolute atomic E-state index is 0.211. The van der Waals surface area contributed by atoms with E-state index in [2.05, 4.69) is 5.32 Å². The number of amides is 2. The first-order chi connectivity index (χ1) is 18.7. The van der Waals surface area contributed by atoms with Gasteiger partial charge in [0.25, 0.3) is 0 Å². The predicted octanol–water partition coefficient (Wildman–Crippen LogP) is 6.88. The van der Waals surface area contributed by atoms with Crippen molar-refractivity contribution < 1.29 is 24.2 Å². The molecule has 39 heavy (non-hydrogen) atoms. The van der Waals surface area contributed by atoms with Crippen LogP contribution in [0.1, 0.15) is 30.0 Å². The lowest BCUT2D eigenvalue weighted by Gasteiger charge is -2.23. The van der Waals surface area contributed by atoms with E-state index in [1.165, 1.54) is 0 Å². The Bertz CT molecular complexity index is 1200. The van der Waals surface area contributed by atoms with Crippen LogP contribution in [0.2, 0.25) is 10.0 Å².